The molecular weight excluding hydrogens is 164 g/mol. The quantitative estimate of drug-likeness (QED) is 0.530. The molecule has 12 heavy (non-hydrogen) atoms. The van der Waals surface area contributed by atoms with Gasteiger partial charge in [-0.25, -0.2) is 0 Å². The minimum Gasteiger partial charge on any atom is -0.143 e. The Hall–Kier alpha value is -0.950. The van der Waals surface area contributed by atoms with Crippen LogP contribution in [0.4, 0.5) is 0 Å². The first-order valence-corrected chi connectivity index (χ1v) is 4.33. The summed E-state index contributed by atoms with van der Waals surface area (Å²) in [5.41, 5.74) is 1.25. The Balaban J connectivity index is 2.69. The summed E-state index contributed by atoms with van der Waals surface area (Å²) >= 11 is 4.34. The van der Waals surface area contributed by atoms with E-state index in [2.05, 4.69) is 31.4 Å². The number of rotatable bonds is 3. The molecule has 0 unspecified atom stereocenters. The molecule has 0 aliphatic heterocycles. The van der Waals surface area contributed by atoms with Crippen molar-refractivity contribution in [2.45, 2.75) is 11.3 Å². The topological polar surface area (TPSA) is 0 Å². The molecule has 0 aromatic heterocycles. The lowest BCUT2D eigenvalue weighted by Gasteiger charge is -1.99. The van der Waals surface area contributed by atoms with Crippen molar-refractivity contribution in [3.05, 3.63) is 54.6 Å². The lowest BCUT2D eigenvalue weighted by atomic mass is 10.1. The summed E-state index contributed by atoms with van der Waals surface area (Å²) < 4.78 is 0. The van der Waals surface area contributed by atoms with Gasteiger partial charge in [-0.05, 0) is 18.1 Å². The molecule has 1 rings (SSSR count). The van der Waals surface area contributed by atoms with Crippen molar-refractivity contribution in [3.8, 4) is 0 Å². The van der Waals surface area contributed by atoms with Gasteiger partial charge < -0.3 is 0 Å². The smallest absolute Gasteiger partial charge is 0.00751 e. The highest BCUT2D eigenvalue weighted by molar-refractivity contribution is 7.80. The molecule has 0 spiro atoms. The third-order valence-electron chi connectivity index (χ3n) is 1.60. The van der Waals surface area contributed by atoms with Crippen LogP contribution in [0.2, 0.25) is 0 Å². The Kier molecular flexibility index (Phi) is 3.68. The van der Waals surface area contributed by atoms with Gasteiger partial charge in [0.05, 0.1) is 0 Å². The molecule has 62 valence electrons. The maximum absolute atomic E-state index is 4.34. The molecule has 0 saturated carbocycles. The van der Waals surface area contributed by atoms with Crippen molar-refractivity contribution in [2.24, 2.45) is 0 Å². The van der Waals surface area contributed by atoms with E-state index in [9.17, 15) is 0 Å². The first-order chi connectivity index (χ1) is 5.84. The SMILES string of the molecule is C=C/C=C\Cc1ccccc1S. The molecule has 0 N–H and O–H groups in total. The average molecular weight is 176 g/mol. The van der Waals surface area contributed by atoms with Gasteiger partial charge in [-0.15, -0.1) is 12.6 Å². The van der Waals surface area contributed by atoms with Crippen LogP contribution in [-0.4, -0.2) is 0 Å². The van der Waals surface area contributed by atoms with E-state index in [1.54, 1.807) is 6.08 Å². The van der Waals surface area contributed by atoms with E-state index in [0.717, 1.165) is 11.3 Å². The summed E-state index contributed by atoms with van der Waals surface area (Å²) in [4.78, 5) is 1.05. The number of hydrogen-bond donors (Lipinski definition) is 1. The third kappa shape index (κ3) is 2.59. The lowest BCUT2D eigenvalue weighted by Crippen LogP contribution is -1.81. The van der Waals surface area contributed by atoms with Gasteiger partial charge in [-0.2, -0.15) is 0 Å². The summed E-state index contributed by atoms with van der Waals surface area (Å²) in [6.45, 7) is 3.61. The van der Waals surface area contributed by atoms with Crippen LogP contribution in [0, 0.1) is 0 Å². The minimum absolute atomic E-state index is 0.922. The van der Waals surface area contributed by atoms with Crippen LogP contribution < -0.4 is 0 Å². The Morgan fingerprint density at radius 3 is 2.75 bits per heavy atom. The molecule has 0 radical (unpaired) electrons. The second-order valence-corrected chi connectivity index (χ2v) is 2.98. The van der Waals surface area contributed by atoms with Crippen LogP contribution in [0.15, 0.2) is 54.0 Å². The van der Waals surface area contributed by atoms with E-state index in [4.69, 9.17) is 0 Å². The van der Waals surface area contributed by atoms with Crippen LogP contribution >= 0.6 is 12.6 Å². The third-order valence-corrected chi connectivity index (χ3v) is 2.04. The second-order valence-electron chi connectivity index (χ2n) is 2.50. The van der Waals surface area contributed by atoms with Crippen LogP contribution in [-0.2, 0) is 6.42 Å². The number of benzene rings is 1. The van der Waals surface area contributed by atoms with E-state index in [0.29, 0.717) is 0 Å². The van der Waals surface area contributed by atoms with Crippen molar-refractivity contribution in [2.75, 3.05) is 0 Å². The molecule has 0 heterocycles. The van der Waals surface area contributed by atoms with Gasteiger partial charge in [-0.3, -0.25) is 0 Å². The molecule has 1 heteroatoms. The maximum atomic E-state index is 4.34. The summed E-state index contributed by atoms with van der Waals surface area (Å²) in [6.07, 6.45) is 6.72. The molecule has 0 aliphatic rings. The fourth-order valence-corrected chi connectivity index (χ4v) is 1.23. The molecule has 0 saturated heterocycles. The predicted molar refractivity (Wildman–Crippen MR) is 56.7 cm³/mol. The van der Waals surface area contributed by atoms with Crippen LogP contribution in [0.25, 0.3) is 0 Å². The van der Waals surface area contributed by atoms with Gasteiger partial charge in [-0.1, -0.05) is 43.0 Å². The minimum atomic E-state index is 0.922. The fourth-order valence-electron chi connectivity index (χ4n) is 0.975. The first kappa shape index (κ1) is 9.14. The highest BCUT2D eigenvalue weighted by Crippen LogP contribution is 2.13. The van der Waals surface area contributed by atoms with Crippen molar-refractivity contribution in [1.82, 2.24) is 0 Å². The van der Waals surface area contributed by atoms with Gasteiger partial charge in [0.15, 0.2) is 0 Å². The van der Waals surface area contributed by atoms with Crippen molar-refractivity contribution in [3.63, 3.8) is 0 Å². The van der Waals surface area contributed by atoms with Gasteiger partial charge in [0.25, 0.3) is 0 Å². The Labute approximate surface area is 79.0 Å². The van der Waals surface area contributed by atoms with E-state index >= 15 is 0 Å². The molecule has 1 aromatic rings. The standard InChI is InChI=1S/C11H12S/c1-2-3-4-7-10-8-5-6-9-11(10)12/h2-6,8-9,12H,1,7H2/b4-3-. The van der Waals surface area contributed by atoms with Crippen molar-refractivity contribution >= 4 is 12.6 Å². The lowest BCUT2D eigenvalue weighted by molar-refractivity contribution is 1.18. The van der Waals surface area contributed by atoms with E-state index in [1.165, 1.54) is 5.56 Å². The summed E-state index contributed by atoms with van der Waals surface area (Å²) in [7, 11) is 0. The molecule has 1 aromatic carbocycles. The van der Waals surface area contributed by atoms with Crippen LogP contribution in [0.5, 0.6) is 0 Å². The molecular formula is C11H12S. The summed E-state index contributed by atoms with van der Waals surface area (Å²) in [6, 6.07) is 8.09. The Bertz CT molecular complexity index is 287. The second kappa shape index (κ2) is 4.83. The van der Waals surface area contributed by atoms with Crippen LogP contribution in [0.1, 0.15) is 5.56 Å². The summed E-state index contributed by atoms with van der Waals surface area (Å²) in [5, 5.41) is 0. The Morgan fingerprint density at radius 2 is 2.08 bits per heavy atom. The van der Waals surface area contributed by atoms with E-state index in [-0.39, 0.29) is 0 Å². The first-order valence-electron chi connectivity index (χ1n) is 3.89. The normalized spacial score (nSPS) is 10.4. The molecule has 0 amide bonds. The van der Waals surface area contributed by atoms with Gasteiger partial charge in [0.1, 0.15) is 0 Å². The highest BCUT2D eigenvalue weighted by Gasteiger charge is 1.92. The molecule has 0 nitrogen and oxygen atoms in total. The Morgan fingerprint density at radius 1 is 1.33 bits per heavy atom. The van der Waals surface area contributed by atoms with Crippen LogP contribution in [0.3, 0.4) is 0 Å². The zero-order chi connectivity index (χ0) is 8.81. The molecule has 0 aliphatic carbocycles. The van der Waals surface area contributed by atoms with Gasteiger partial charge >= 0.3 is 0 Å². The van der Waals surface area contributed by atoms with Gasteiger partial charge in [0.2, 0.25) is 0 Å². The number of hydrogen-bond acceptors (Lipinski definition) is 1. The molecule has 0 fully saturated rings. The average Bonchev–Trinajstić information content (AvgIpc) is 2.09. The monoisotopic (exact) mass is 176 g/mol. The maximum Gasteiger partial charge on any atom is 0.00751 e. The van der Waals surface area contributed by atoms with Crippen molar-refractivity contribution < 1.29 is 0 Å². The van der Waals surface area contributed by atoms with E-state index in [1.807, 2.05) is 24.3 Å². The highest BCUT2D eigenvalue weighted by atomic mass is 32.1. The predicted octanol–water partition coefficient (Wildman–Crippen LogP) is 3.26. The van der Waals surface area contributed by atoms with Gasteiger partial charge in [0, 0.05) is 4.90 Å². The number of allylic oxidation sites excluding steroid dienone is 3. The van der Waals surface area contributed by atoms with Crippen molar-refractivity contribution in [1.29, 1.82) is 0 Å². The zero-order valence-corrected chi connectivity index (χ0v) is 7.80. The summed E-state index contributed by atoms with van der Waals surface area (Å²) in [5.74, 6) is 0. The van der Waals surface area contributed by atoms with E-state index < -0.39 is 0 Å². The molecule has 0 atom stereocenters. The zero-order valence-electron chi connectivity index (χ0n) is 6.90. The molecule has 0 bridgehead atoms. The fraction of sp³-hybridized carbons (Fsp3) is 0.0909. The number of thiol groups is 1. The largest absolute Gasteiger partial charge is 0.143 e.